The summed E-state index contributed by atoms with van der Waals surface area (Å²) in [7, 11) is 0. The van der Waals surface area contributed by atoms with Gasteiger partial charge in [-0.05, 0) is 6.42 Å². The maximum atomic E-state index is 4.85. The SMILES string of the molecule is [CH]1CCN=COC1. The smallest absolute Gasteiger partial charge is 0.169 e. The lowest BCUT2D eigenvalue weighted by Gasteiger charge is -1.88. The average Bonchev–Trinajstić information content (AvgIpc) is 1.90. The average molecular weight is 98.1 g/mol. The van der Waals surface area contributed by atoms with Gasteiger partial charge in [0.1, 0.15) is 0 Å². The van der Waals surface area contributed by atoms with Crippen LogP contribution in [0.15, 0.2) is 4.99 Å². The van der Waals surface area contributed by atoms with E-state index in [1.165, 1.54) is 6.40 Å². The Hall–Kier alpha value is -0.530. The summed E-state index contributed by atoms with van der Waals surface area (Å²) in [6, 6.07) is 0. The third kappa shape index (κ3) is 1.57. The van der Waals surface area contributed by atoms with Gasteiger partial charge < -0.3 is 4.74 Å². The predicted octanol–water partition coefficient (Wildman–Crippen LogP) is 0.639. The van der Waals surface area contributed by atoms with Crippen molar-refractivity contribution in [3.8, 4) is 0 Å². The second kappa shape index (κ2) is 2.61. The molecule has 0 N–H and O–H groups in total. The number of ether oxygens (including phenoxy) is 1. The van der Waals surface area contributed by atoms with Crippen LogP contribution in [-0.2, 0) is 4.74 Å². The molecule has 7 heavy (non-hydrogen) atoms. The molecule has 1 radical (unpaired) electrons. The van der Waals surface area contributed by atoms with Crippen molar-refractivity contribution in [2.75, 3.05) is 13.2 Å². The highest BCUT2D eigenvalue weighted by Gasteiger charge is 1.89. The van der Waals surface area contributed by atoms with E-state index in [-0.39, 0.29) is 0 Å². The first-order chi connectivity index (χ1) is 3.50. The summed E-state index contributed by atoms with van der Waals surface area (Å²) in [5, 5.41) is 0. The molecule has 0 amide bonds. The molecule has 2 nitrogen and oxygen atoms in total. The molecule has 0 bridgehead atoms. The lowest BCUT2D eigenvalue weighted by Crippen LogP contribution is -1.87. The van der Waals surface area contributed by atoms with Crippen LogP contribution in [0.3, 0.4) is 0 Å². The normalized spacial score (nSPS) is 20.6. The van der Waals surface area contributed by atoms with Crippen LogP contribution in [0.2, 0.25) is 0 Å². The molecule has 0 atom stereocenters. The Morgan fingerprint density at radius 3 is 3.57 bits per heavy atom. The summed E-state index contributed by atoms with van der Waals surface area (Å²) < 4.78 is 4.85. The van der Waals surface area contributed by atoms with E-state index in [0.29, 0.717) is 0 Å². The largest absolute Gasteiger partial charge is 0.483 e. The van der Waals surface area contributed by atoms with Gasteiger partial charge in [0.05, 0.1) is 6.61 Å². The fraction of sp³-hybridized carbons (Fsp3) is 0.600. The summed E-state index contributed by atoms with van der Waals surface area (Å²) in [5.74, 6) is 0. The predicted molar refractivity (Wildman–Crippen MR) is 28.2 cm³/mol. The molecular formula is C5H8NO. The number of nitrogens with zero attached hydrogens (tertiary/aromatic N) is 1. The molecule has 0 aliphatic carbocycles. The van der Waals surface area contributed by atoms with Crippen LogP contribution in [0.1, 0.15) is 6.42 Å². The summed E-state index contributed by atoms with van der Waals surface area (Å²) in [6.07, 6.45) is 4.65. The third-order valence-corrected chi connectivity index (χ3v) is 0.825. The van der Waals surface area contributed by atoms with E-state index in [9.17, 15) is 0 Å². The van der Waals surface area contributed by atoms with E-state index < -0.39 is 0 Å². The van der Waals surface area contributed by atoms with Gasteiger partial charge in [-0.25, -0.2) is 0 Å². The molecule has 39 valence electrons. The Kier molecular flexibility index (Phi) is 1.72. The fourth-order valence-corrected chi connectivity index (χ4v) is 0.466. The van der Waals surface area contributed by atoms with Gasteiger partial charge in [0, 0.05) is 13.0 Å². The minimum Gasteiger partial charge on any atom is -0.483 e. The number of aliphatic imine (C=N–C) groups is 1. The maximum absolute atomic E-state index is 4.85. The van der Waals surface area contributed by atoms with Gasteiger partial charge in [-0.3, -0.25) is 4.99 Å². The lowest BCUT2D eigenvalue weighted by atomic mass is 10.3. The Morgan fingerprint density at radius 1 is 1.57 bits per heavy atom. The molecule has 0 aromatic carbocycles. The van der Waals surface area contributed by atoms with Crippen molar-refractivity contribution < 1.29 is 4.74 Å². The Bertz CT molecular complexity index is 62.5. The minimum absolute atomic E-state index is 0.726. The highest BCUT2D eigenvalue weighted by atomic mass is 16.5. The van der Waals surface area contributed by atoms with Gasteiger partial charge in [-0.2, -0.15) is 0 Å². The van der Waals surface area contributed by atoms with Crippen molar-refractivity contribution >= 4 is 6.40 Å². The molecule has 0 spiro atoms. The highest BCUT2D eigenvalue weighted by Crippen LogP contribution is 1.91. The molecule has 1 rings (SSSR count). The van der Waals surface area contributed by atoms with Crippen molar-refractivity contribution in [1.82, 2.24) is 0 Å². The quantitative estimate of drug-likeness (QED) is 0.435. The van der Waals surface area contributed by atoms with Gasteiger partial charge in [-0.1, -0.05) is 0 Å². The summed E-state index contributed by atoms with van der Waals surface area (Å²) in [6.45, 7) is 1.61. The number of hydrogen-bond acceptors (Lipinski definition) is 2. The highest BCUT2D eigenvalue weighted by molar-refractivity contribution is 5.46. The van der Waals surface area contributed by atoms with E-state index in [1.807, 2.05) is 0 Å². The first-order valence-corrected chi connectivity index (χ1v) is 2.42. The molecule has 0 unspecified atom stereocenters. The van der Waals surface area contributed by atoms with Crippen molar-refractivity contribution in [3.63, 3.8) is 0 Å². The van der Waals surface area contributed by atoms with Crippen molar-refractivity contribution in [2.24, 2.45) is 4.99 Å². The Balaban J connectivity index is 2.20. The number of rotatable bonds is 0. The molecule has 1 heterocycles. The molecule has 1 aliphatic heterocycles. The standard InChI is InChI=1S/C5H8NO/c1-2-4-7-5-6-3-1/h2,5H,1,3-4H2. The molecule has 0 saturated heterocycles. The van der Waals surface area contributed by atoms with Gasteiger partial charge in [0.15, 0.2) is 6.40 Å². The topological polar surface area (TPSA) is 21.6 Å². The summed E-state index contributed by atoms with van der Waals surface area (Å²) >= 11 is 0. The van der Waals surface area contributed by atoms with E-state index in [0.717, 1.165) is 19.6 Å². The zero-order valence-electron chi connectivity index (χ0n) is 4.13. The molecule has 1 aliphatic rings. The maximum Gasteiger partial charge on any atom is 0.169 e. The molecule has 2 heteroatoms. The number of hydrogen-bond donors (Lipinski definition) is 0. The monoisotopic (exact) mass is 98.1 g/mol. The van der Waals surface area contributed by atoms with Crippen LogP contribution >= 0.6 is 0 Å². The zero-order valence-corrected chi connectivity index (χ0v) is 4.13. The van der Waals surface area contributed by atoms with Crippen LogP contribution in [0.25, 0.3) is 0 Å². The van der Waals surface area contributed by atoms with Gasteiger partial charge >= 0.3 is 0 Å². The fourth-order valence-electron chi connectivity index (χ4n) is 0.466. The van der Waals surface area contributed by atoms with E-state index >= 15 is 0 Å². The molecule has 0 aromatic rings. The van der Waals surface area contributed by atoms with E-state index in [2.05, 4.69) is 11.4 Å². The molecular weight excluding hydrogens is 90.1 g/mol. The minimum atomic E-state index is 0.726. The van der Waals surface area contributed by atoms with Crippen molar-refractivity contribution in [1.29, 1.82) is 0 Å². The molecule has 0 saturated carbocycles. The Morgan fingerprint density at radius 2 is 2.57 bits per heavy atom. The van der Waals surface area contributed by atoms with Gasteiger partial charge in [0.25, 0.3) is 0 Å². The second-order valence-electron chi connectivity index (χ2n) is 1.42. The third-order valence-electron chi connectivity index (χ3n) is 0.825. The van der Waals surface area contributed by atoms with Gasteiger partial charge in [-0.15, -0.1) is 0 Å². The van der Waals surface area contributed by atoms with Crippen LogP contribution < -0.4 is 0 Å². The van der Waals surface area contributed by atoms with Gasteiger partial charge in [0.2, 0.25) is 0 Å². The second-order valence-corrected chi connectivity index (χ2v) is 1.42. The first kappa shape index (κ1) is 4.62. The first-order valence-electron chi connectivity index (χ1n) is 2.42. The van der Waals surface area contributed by atoms with Crippen LogP contribution in [0, 0.1) is 6.42 Å². The molecule has 0 aromatic heterocycles. The summed E-state index contributed by atoms with van der Waals surface area (Å²) in [5.41, 5.74) is 0. The summed E-state index contributed by atoms with van der Waals surface area (Å²) in [4.78, 5) is 3.89. The van der Waals surface area contributed by atoms with Crippen LogP contribution in [0.5, 0.6) is 0 Å². The zero-order chi connectivity index (χ0) is 4.95. The molecule has 0 fully saturated rings. The van der Waals surface area contributed by atoms with Crippen LogP contribution in [0.4, 0.5) is 0 Å². The van der Waals surface area contributed by atoms with Crippen molar-refractivity contribution in [2.45, 2.75) is 6.42 Å². The van der Waals surface area contributed by atoms with E-state index in [1.54, 1.807) is 0 Å². The van der Waals surface area contributed by atoms with Crippen molar-refractivity contribution in [3.05, 3.63) is 6.42 Å². The lowest BCUT2D eigenvalue weighted by molar-refractivity contribution is 0.355. The van der Waals surface area contributed by atoms with Crippen LogP contribution in [-0.4, -0.2) is 19.6 Å². The Labute approximate surface area is 43.2 Å². The van der Waals surface area contributed by atoms with E-state index in [4.69, 9.17) is 4.74 Å².